The lowest BCUT2D eigenvalue weighted by atomic mass is 10.1. The monoisotopic (exact) mass is 431 g/mol. The number of aryl methyl sites for hydroxylation is 1. The summed E-state index contributed by atoms with van der Waals surface area (Å²) in [6, 6.07) is 10.4. The Morgan fingerprint density at radius 1 is 1.07 bits per heavy atom. The smallest absolute Gasteiger partial charge is 0.230 e. The van der Waals surface area contributed by atoms with E-state index in [2.05, 4.69) is 15.3 Å². The molecule has 9 heteroatoms. The SMILES string of the molecule is CCS(=O)(=O)c1ccc(CC(=O)Nc2nc3ccc4sc(C)nc4c3s2)cc1. The van der Waals surface area contributed by atoms with E-state index in [1.165, 1.54) is 11.3 Å². The molecule has 28 heavy (non-hydrogen) atoms. The number of benzene rings is 2. The summed E-state index contributed by atoms with van der Waals surface area (Å²) in [6.07, 6.45) is 0.146. The van der Waals surface area contributed by atoms with Crippen LogP contribution in [0.5, 0.6) is 0 Å². The Bertz CT molecular complexity index is 1290. The van der Waals surface area contributed by atoms with Crippen molar-refractivity contribution < 1.29 is 13.2 Å². The maximum atomic E-state index is 12.4. The molecule has 0 radical (unpaired) electrons. The Labute approximate surface area is 170 Å². The standard InChI is InChI=1S/C19H17N3O3S3/c1-3-28(24,25)13-6-4-12(5-7-13)10-16(23)22-19-21-14-8-9-15-17(18(14)27-19)20-11(2)26-15/h4-9H,3,10H2,1-2H3,(H,21,22,23). The zero-order valence-corrected chi connectivity index (χ0v) is 17.7. The molecule has 4 aromatic rings. The zero-order valence-electron chi connectivity index (χ0n) is 15.2. The highest BCUT2D eigenvalue weighted by Gasteiger charge is 2.14. The van der Waals surface area contributed by atoms with E-state index in [0.717, 1.165) is 31.0 Å². The zero-order chi connectivity index (χ0) is 19.9. The molecule has 4 rings (SSSR count). The average Bonchev–Trinajstić information content (AvgIpc) is 3.23. The van der Waals surface area contributed by atoms with E-state index in [-0.39, 0.29) is 23.0 Å². The first-order valence-corrected chi connectivity index (χ1v) is 11.9. The third kappa shape index (κ3) is 3.65. The van der Waals surface area contributed by atoms with Crippen molar-refractivity contribution in [2.24, 2.45) is 0 Å². The molecule has 0 fully saturated rings. The van der Waals surface area contributed by atoms with Crippen LogP contribution in [0.1, 0.15) is 17.5 Å². The van der Waals surface area contributed by atoms with Gasteiger partial charge >= 0.3 is 0 Å². The summed E-state index contributed by atoms with van der Waals surface area (Å²) in [4.78, 5) is 21.7. The summed E-state index contributed by atoms with van der Waals surface area (Å²) in [5, 5.41) is 4.36. The van der Waals surface area contributed by atoms with Crippen LogP contribution in [-0.2, 0) is 21.1 Å². The summed E-state index contributed by atoms with van der Waals surface area (Å²) < 4.78 is 25.8. The van der Waals surface area contributed by atoms with Gasteiger partial charge in [0.1, 0.15) is 5.52 Å². The number of thiazole rings is 2. The van der Waals surface area contributed by atoms with Gasteiger partial charge in [-0.1, -0.05) is 30.4 Å². The molecule has 0 bridgehead atoms. The highest BCUT2D eigenvalue weighted by atomic mass is 32.2. The van der Waals surface area contributed by atoms with Gasteiger partial charge in [0.2, 0.25) is 5.91 Å². The van der Waals surface area contributed by atoms with E-state index >= 15 is 0 Å². The van der Waals surface area contributed by atoms with Gasteiger partial charge in [-0.2, -0.15) is 0 Å². The van der Waals surface area contributed by atoms with Crippen LogP contribution < -0.4 is 5.32 Å². The second-order valence-corrected chi connectivity index (χ2v) is 10.8. The lowest BCUT2D eigenvalue weighted by Gasteiger charge is -2.04. The average molecular weight is 432 g/mol. The molecule has 0 saturated heterocycles. The lowest BCUT2D eigenvalue weighted by molar-refractivity contribution is -0.115. The number of hydrogen-bond donors (Lipinski definition) is 1. The van der Waals surface area contributed by atoms with Gasteiger partial charge < -0.3 is 5.32 Å². The van der Waals surface area contributed by atoms with Gasteiger partial charge in [0.05, 0.1) is 37.0 Å². The van der Waals surface area contributed by atoms with Gasteiger partial charge in [-0.3, -0.25) is 4.79 Å². The maximum absolute atomic E-state index is 12.4. The minimum Gasteiger partial charge on any atom is -0.302 e. The molecule has 0 aliphatic carbocycles. The van der Waals surface area contributed by atoms with Gasteiger partial charge in [0.15, 0.2) is 15.0 Å². The molecular formula is C19H17N3O3S3. The van der Waals surface area contributed by atoms with Gasteiger partial charge in [0.25, 0.3) is 0 Å². The fourth-order valence-corrected chi connectivity index (χ4v) is 5.63. The lowest BCUT2D eigenvalue weighted by Crippen LogP contribution is -2.14. The number of fused-ring (bicyclic) bond motifs is 3. The Kier molecular flexibility index (Phi) is 4.90. The van der Waals surface area contributed by atoms with Crippen LogP contribution in [0.4, 0.5) is 5.13 Å². The van der Waals surface area contributed by atoms with Crippen molar-refractivity contribution in [1.82, 2.24) is 9.97 Å². The number of anilines is 1. The van der Waals surface area contributed by atoms with E-state index in [1.54, 1.807) is 42.5 Å². The molecule has 0 aliphatic heterocycles. The van der Waals surface area contributed by atoms with Crippen molar-refractivity contribution in [3.8, 4) is 0 Å². The molecule has 0 spiro atoms. The summed E-state index contributed by atoms with van der Waals surface area (Å²) in [5.74, 6) is -0.146. The molecule has 0 atom stereocenters. The highest BCUT2D eigenvalue weighted by molar-refractivity contribution is 7.91. The van der Waals surface area contributed by atoms with E-state index < -0.39 is 9.84 Å². The highest BCUT2D eigenvalue weighted by Crippen LogP contribution is 2.34. The number of carbonyl (C=O) groups is 1. The quantitative estimate of drug-likeness (QED) is 0.512. The third-order valence-electron chi connectivity index (χ3n) is 4.29. The normalized spacial score (nSPS) is 11.9. The predicted octanol–water partition coefficient (Wildman–Crippen LogP) is 4.19. The van der Waals surface area contributed by atoms with Crippen LogP contribution in [-0.4, -0.2) is 30.0 Å². The molecule has 2 heterocycles. The first-order valence-electron chi connectivity index (χ1n) is 8.64. The summed E-state index contributed by atoms with van der Waals surface area (Å²) in [6.45, 7) is 3.58. The van der Waals surface area contributed by atoms with Crippen LogP contribution >= 0.6 is 22.7 Å². The topological polar surface area (TPSA) is 89.0 Å². The van der Waals surface area contributed by atoms with E-state index in [4.69, 9.17) is 0 Å². The van der Waals surface area contributed by atoms with Crippen molar-refractivity contribution in [3.63, 3.8) is 0 Å². The van der Waals surface area contributed by atoms with E-state index in [1.807, 2.05) is 19.1 Å². The predicted molar refractivity (Wildman–Crippen MR) is 114 cm³/mol. The molecule has 1 N–H and O–H groups in total. The molecule has 6 nitrogen and oxygen atoms in total. The van der Waals surface area contributed by atoms with Crippen LogP contribution in [0.2, 0.25) is 0 Å². The largest absolute Gasteiger partial charge is 0.302 e. The number of sulfone groups is 1. The summed E-state index contributed by atoms with van der Waals surface area (Å²) >= 11 is 3.04. The third-order valence-corrected chi connectivity index (χ3v) is 7.97. The molecule has 0 saturated carbocycles. The van der Waals surface area contributed by atoms with Crippen molar-refractivity contribution in [2.75, 3.05) is 11.1 Å². The van der Waals surface area contributed by atoms with Crippen molar-refractivity contribution in [3.05, 3.63) is 47.0 Å². The van der Waals surface area contributed by atoms with Crippen LogP contribution in [0.25, 0.3) is 20.4 Å². The number of rotatable bonds is 5. The molecule has 0 unspecified atom stereocenters. The first kappa shape index (κ1) is 19.0. The number of nitrogens with zero attached hydrogens (tertiary/aromatic N) is 2. The molecular weight excluding hydrogens is 414 g/mol. The second-order valence-electron chi connectivity index (χ2n) is 6.28. The first-order chi connectivity index (χ1) is 13.4. The number of amides is 1. The fraction of sp³-hybridized carbons (Fsp3) is 0.211. The molecule has 0 aliphatic rings. The summed E-state index contributed by atoms with van der Waals surface area (Å²) in [7, 11) is -3.24. The van der Waals surface area contributed by atoms with Crippen molar-refractivity contribution in [2.45, 2.75) is 25.2 Å². The Morgan fingerprint density at radius 3 is 2.54 bits per heavy atom. The van der Waals surface area contributed by atoms with Gasteiger partial charge in [-0.15, -0.1) is 11.3 Å². The Balaban J connectivity index is 1.51. The number of aromatic nitrogens is 2. The Morgan fingerprint density at radius 2 is 1.82 bits per heavy atom. The second kappa shape index (κ2) is 7.23. The molecule has 1 amide bonds. The maximum Gasteiger partial charge on any atom is 0.230 e. The molecule has 144 valence electrons. The van der Waals surface area contributed by atoms with E-state index in [0.29, 0.717) is 5.13 Å². The van der Waals surface area contributed by atoms with E-state index in [9.17, 15) is 13.2 Å². The van der Waals surface area contributed by atoms with Crippen LogP contribution in [0, 0.1) is 6.92 Å². The Hall–Kier alpha value is -2.36. The molecule has 2 aromatic heterocycles. The van der Waals surface area contributed by atoms with Gasteiger partial charge in [-0.25, -0.2) is 18.4 Å². The number of nitrogens with one attached hydrogen (secondary N) is 1. The minimum absolute atomic E-state index is 0.0518. The summed E-state index contributed by atoms with van der Waals surface area (Å²) in [5.41, 5.74) is 2.48. The van der Waals surface area contributed by atoms with Crippen LogP contribution in [0.3, 0.4) is 0 Å². The minimum atomic E-state index is -3.24. The van der Waals surface area contributed by atoms with Gasteiger partial charge in [0, 0.05) is 0 Å². The van der Waals surface area contributed by atoms with Gasteiger partial charge in [-0.05, 0) is 36.8 Å². The number of hydrogen-bond acceptors (Lipinski definition) is 7. The van der Waals surface area contributed by atoms with Crippen molar-refractivity contribution >= 4 is 64.0 Å². The molecule has 2 aromatic carbocycles. The van der Waals surface area contributed by atoms with Crippen LogP contribution in [0.15, 0.2) is 41.3 Å². The number of carbonyl (C=O) groups excluding carboxylic acids is 1. The fourth-order valence-electron chi connectivity index (χ4n) is 2.87. The van der Waals surface area contributed by atoms with Crippen molar-refractivity contribution in [1.29, 1.82) is 0 Å².